The summed E-state index contributed by atoms with van der Waals surface area (Å²) in [6.07, 6.45) is -1.08. The lowest BCUT2D eigenvalue weighted by atomic mass is 10.2. The Morgan fingerprint density at radius 3 is 2.74 bits per heavy atom. The minimum atomic E-state index is -4.43. The largest absolute Gasteiger partial charge is 0.431 e. The van der Waals surface area contributed by atoms with Gasteiger partial charge in [-0.3, -0.25) is 9.78 Å². The van der Waals surface area contributed by atoms with Crippen LogP contribution in [0.15, 0.2) is 48.8 Å². The number of H-pyrrole nitrogens is 1. The van der Waals surface area contributed by atoms with E-state index in [0.717, 1.165) is 11.6 Å². The first kappa shape index (κ1) is 15.1. The zero-order valence-corrected chi connectivity index (χ0v) is 11.8. The standard InChI is InChI=1S/C16H12F3N3O/c17-16(18,19)14-8-11-7-12(3-4-13(11)22-14)21-15(23)6-10-2-1-5-20-9-10/h1-5,7-9,22H,6H2,(H,21,23). The van der Waals surface area contributed by atoms with Gasteiger partial charge in [-0.2, -0.15) is 13.2 Å². The average molecular weight is 319 g/mol. The van der Waals surface area contributed by atoms with Gasteiger partial charge in [0, 0.05) is 29.0 Å². The van der Waals surface area contributed by atoms with Crippen molar-refractivity contribution in [1.82, 2.24) is 9.97 Å². The molecule has 0 saturated carbocycles. The maximum atomic E-state index is 12.7. The second-order valence-corrected chi connectivity index (χ2v) is 5.07. The van der Waals surface area contributed by atoms with Crippen molar-refractivity contribution in [2.45, 2.75) is 12.6 Å². The van der Waals surface area contributed by atoms with Crippen LogP contribution in [-0.2, 0) is 17.4 Å². The lowest BCUT2D eigenvalue weighted by Gasteiger charge is -2.05. The van der Waals surface area contributed by atoms with Gasteiger partial charge in [0.2, 0.25) is 5.91 Å². The van der Waals surface area contributed by atoms with Crippen LogP contribution in [0.1, 0.15) is 11.3 Å². The minimum absolute atomic E-state index is 0.146. The number of fused-ring (bicyclic) bond motifs is 1. The van der Waals surface area contributed by atoms with Crippen molar-refractivity contribution < 1.29 is 18.0 Å². The van der Waals surface area contributed by atoms with E-state index in [1.807, 2.05) is 0 Å². The Morgan fingerprint density at radius 2 is 2.04 bits per heavy atom. The number of rotatable bonds is 3. The molecule has 0 bridgehead atoms. The first-order valence-electron chi connectivity index (χ1n) is 6.80. The monoisotopic (exact) mass is 319 g/mol. The molecule has 4 nitrogen and oxygen atoms in total. The first-order chi connectivity index (χ1) is 10.9. The summed E-state index contributed by atoms with van der Waals surface area (Å²) in [6, 6.07) is 9.09. The van der Waals surface area contributed by atoms with Crippen molar-refractivity contribution in [2.75, 3.05) is 5.32 Å². The van der Waals surface area contributed by atoms with Gasteiger partial charge in [-0.1, -0.05) is 6.07 Å². The van der Waals surface area contributed by atoms with E-state index in [-0.39, 0.29) is 12.3 Å². The minimum Gasteiger partial charge on any atom is -0.351 e. The van der Waals surface area contributed by atoms with Gasteiger partial charge in [0.25, 0.3) is 0 Å². The lowest BCUT2D eigenvalue weighted by Crippen LogP contribution is -2.14. The topological polar surface area (TPSA) is 57.8 Å². The molecule has 3 rings (SSSR count). The van der Waals surface area contributed by atoms with Crippen LogP contribution in [0.2, 0.25) is 0 Å². The number of aromatic amines is 1. The van der Waals surface area contributed by atoms with Gasteiger partial charge in [0.1, 0.15) is 5.69 Å². The number of hydrogen-bond donors (Lipinski definition) is 2. The lowest BCUT2D eigenvalue weighted by molar-refractivity contribution is -0.140. The summed E-state index contributed by atoms with van der Waals surface area (Å²) in [6.45, 7) is 0. The zero-order valence-electron chi connectivity index (χ0n) is 11.8. The van der Waals surface area contributed by atoms with Gasteiger partial charge in [0.05, 0.1) is 6.42 Å². The third-order valence-electron chi connectivity index (χ3n) is 3.30. The van der Waals surface area contributed by atoms with Crippen LogP contribution in [0.3, 0.4) is 0 Å². The quantitative estimate of drug-likeness (QED) is 0.772. The molecule has 7 heteroatoms. The number of aromatic nitrogens is 2. The van der Waals surface area contributed by atoms with E-state index in [1.165, 1.54) is 12.1 Å². The summed E-state index contributed by atoms with van der Waals surface area (Å²) in [4.78, 5) is 18.2. The van der Waals surface area contributed by atoms with Crippen molar-refractivity contribution in [3.63, 3.8) is 0 Å². The molecule has 23 heavy (non-hydrogen) atoms. The van der Waals surface area contributed by atoms with Gasteiger partial charge in [-0.05, 0) is 35.9 Å². The number of hydrogen-bond acceptors (Lipinski definition) is 2. The Kier molecular flexibility index (Phi) is 3.77. The van der Waals surface area contributed by atoms with Crippen LogP contribution < -0.4 is 5.32 Å². The maximum Gasteiger partial charge on any atom is 0.431 e. The molecule has 0 saturated heterocycles. The number of anilines is 1. The molecule has 1 aromatic carbocycles. The van der Waals surface area contributed by atoms with E-state index >= 15 is 0 Å². The molecule has 2 N–H and O–H groups in total. The van der Waals surface area contributed by atoms with Gasteiger partial charge in [0.15, 0.2) is 0 Å². The molecule has 0 aliphatic carbocycles. The van der Waals surface area contributed by atoms with E-state index < -0.39 is 11.9 Å². The Hall–Kier alpha value is -2.83. The summed E-state index contributed by atoms with van der Waals surface area (Å²) in [5.74, 6) is -0.260. The fourth-order valence-electron chi connectivity index (χ4n) is 2.26. The molecule has 3 aromatic rings. The number of nitrogens with zero attached hydrogens (tertiary/aromatic N) is 1. The Balaban J connectivity index is 1.77. The molecule has 0 atom stereocenters. The molecule has 1 amide bonds. The van der Waals surface area contributed by atoms with Crippen molar-refractivity contribution in [3.8, 4) is 0 Å². The molecule has 0 spiro atoms. The molecule has 118 valence electrons. The molecule has 0 fully saturated rings. The molecule has 0 unspecified atom stereocenters. The number of amides is 1. The highest BCUT2D eigenvalue weighted by atomic mass is 19.4. The van der Waals surface area contributed by atoms with E-state index in [4.69, 9.17) is 0 Å². The van der Waals surface area contributed by atoms with E-state index in [2.05, 4.69) is 15.3 Å². The molecule has 0 aliphatic heterocycles. The van der Waals surface area contributed by atoms with Crippen molar-refractivity contribution in [1.29, 1.82) is 0 Å². The maximum absolute atomic E-state index is 12.7. The van der Waals surface area contributed by atoms with Gasteiger partial charge in [-0.15, -0.1) is 0 Å². The van der Waals surface area contributed by atoms with Crippen molar-refractivity contribution in [3.05, 3.63) is 60.0 Å². The molecule has 2 aromatic heterocycles. The number of pyridine rings is 1. The van der Waals surface area contributed by atoms with Crippen LogP contribution in [0.4, 0.5) is 18.9 Å². The third kappa shape index (κ3) is 3.50. The predicted octanol–water partition coefficient (Wildman–Crippen LogP) is 3.76. The molecule has 2 heterocycles. The zero-order chi connectivity index (χ0) is 16.4. The summed E-state index contributed by atoms with van der Waals surface area (Å²) in [5, 5.41) is 3.05. The summed E-state index contributed by atoms with van der Waals surface area (Å²) >= 11 is 0. The SMILES string of the molecule is O=C(Cc1cccnc1)Nc1ccc2[nH]c(C(F)(F)F)cc2c1. The molecule has 0 radical (unpaired) electrons. The molecule has 0 aliphatic rings. The Bertz CT molecular complexity index is 841. The van der Waals surface area contributed by atoms with Crippen LogP contribution in [0.5, 0.6) is 0 Å². The number of carbonyl (C=O) groups excluding carboxylic acids is 1. The second-order valence-electron chi connectivity index (χ2n) is 5.07. The molecular weight excluding hydrogens is 307 g/mol. The predicted molar refractivity (Wildman–Crippen MR) is 79.9 cm³/mol. The highest BCUT2D eigenvalue weighted by Gasteiger charge is 2.32. The summed E-state index contributed by atoms with van der Waals surface area (Å²) in [5.41, 5.74) is 0.750. The summed E-state index contributed by atoms with van der Waals surface area (Å²) < 4.78 is 38.0. The van der Waals surface area contributed by atoms with E-state index in [1.54, 1.807) is 30.6 Å². The van der Waals surface area contributed by atoms with Crippen LogP contribution in [-0.4, -0.2) is 15.9 Å². The average Bonchev–Trinajstić information content (AvgIpc) is 2.91. The van der Waals surface area contributed by atoms with Gasteiger partial charge in [-0.25, -0.2) is 0 Å². The number of benzene rings is 1. The van der Waals surface area contributed by atoms with E-state index in [0.29, 0.717) is 16.6 Å². The smallest absolute Gasteiger partial charge is 0.351 e. The number of alkyl halides is 3. The van der Waals surface area contributed by atoms with Crippen molar-refractivity contribution in [2.24, 2.45) is 0 Å². The van der Waals surface area contributed by atoms with Crippen LogP contribution in [0, 0.1) is 0 Å². The Labute approximate surface area is 129 Å². The van der Waals surface area contributed by atoms with Crippen LogP contribution in [0.25, 0.3) is 10.9 Å². The number of nitrogens with one attached hydrogen (secondary N) is 2. The fraction of sp³-hybridized carbons (Fsp3) is 0.125. The summed E-state index contributed by atoms with van der Waals surface area (Å²) in [7, 11) is 0. The second kappa shape index (κ2) is 5.75. The Morgan fingerprint density at radius 1 is 1.22 bits per heavy atom. The van der Waals surface area contributed by atoms with Gasteiger partial charge < -0.3 is 10.3 Å². The molecular formula is C16H12F3N3O. The highest BCUT2D eigenvalue weighted by Crippen LogP contribution is 2.31. The highest BCUT2D eigenvalue weighted by molar-refractivity contribution is 5.95. The van der Waals surface area contributed by atoms with Crippen LogP contribution >= 0.6 is 0 Å². The number of carbonyl (C=O) groups is 1. The fourth-order valence-corrected chi connectivity index (χ4v) is 2.26. The van der Waals surface area contributed by atoms with E-state index in [9.17, 15) is 18.0 Å². The number of halogens is 3. The van der Waals surface area contributed by atoms with Crippen molar-refractivity contribution >= 4 is 22.5 Å². The normalized spacial score (nSPS) is 11.6. The van der Waals surface area contributed by atoms with Gasteiger partial charge >= 0.3 is 6.18 Å². The first-order valence-corrected chi connectivity index (χ1v) is 6.80. The third-order valence-corrected chi connectivity index (χ3v) is 3.30.